The Labute approximate surface area is 164 Å². The number of hydrogen-bond donors (Lipinski definition) is 1. The lowest BCUT2D eigenvalue weighted by Crippen LogP contribution is -2.07. The molecule has 27 heavy (non-hydrogen) atoms. The number of hydrazone groups is 1. The Morgan fingerprint density at radius 3 is 2.56 bits per heavy atom. The van der Waals surface area contributed by atoms with E-state index in [2.05, 4.69) is 10.5 Å². The van der Waals surface area contributed by atoms with Crippen molar-refractivity contribution in [2.24, 2.45) is 5.10 Å². The van der Waals surface area contributed by atoms with Crippen molar-refractivity contribution < 1.29 is 9.47 Å². The lowest BCUT2D eigenvalue weighted by atomic mass is 10.2. The van der Waals surface area contributed by atoms with Gasteiger partial charge in [0, 0.05) is 16.1 Å². The third-order valence-electron chi connectivity index (χ3n) is 3.96. The molecule has 0 saturated carbocycles. The summed E-state index contributed by atoms with van der Waals surface area (Å²) in [6, 6.07) is 23.3. The smallest absolute Gasteiger partial charge is 0.128 e. The average molecular weight is 381 g/mol. The summed E-state index contributed by atoms with van der Waals surface area (Å²) in [7, 11) is 1.66. The molecule has 0 amide bonds. The molecule has 4 nitrogen and oxygen atoms in total. The number of nitrogens with zero attached hydrogens (tertiary/aromatic N) is 1. The standard InChI is InChI=1S/C22H21ClN2O2/c1-26-21-11-4-2-8-18(21)14-24-25-15-19-9-3-5-12-22(19)27-16-17-7-6-10-20(23)13-17/h2-13,15,24H,14,16H2,1H3/b25-15+. The van der Waals surface area contributed by atoms with E-state index in [0.717, 1.165) is 28.2 Å². The Hall–Kier alpha value is -2.98. The van der Waals surface area contributed by atoms with Gasteiger partial charge < -0.3 is 14.9 Å². The van der Waals surface area contributed by atoms with Crippen molar-refractivity contribution in [1.82, 2.24) is 5.43 Å². The predicted molar refractivity (Wildman–Crippen MR) is 110 cm³/mol. The number of halogens is 1. The monoisotopic (exact) mass is 380 g/mol. The fourth-order valence-corrected chi connectivity index (χ4v) is 2.81. The Morgan fingerprint density at radius 2 is 1.74 bits per heavy atom. The average Bonchev–Trinajstić information content (AvgIpc) is 2.70. The number of para-hydroxylation sites is 2. The third kappa shape index (κ3) is 5.50. The molecule has 0 heterocycles. The molecular formula is C22H21ClN2O2. The van der Waals surface area contributed by atoms with Gasteiger partial charge in [0.15, 0.2) is 0 Å². The van der Waals surface area contributed by atoms with E-state index in [1.54, 1.807) is 13.3 Å². The van der Waals surface area contributed by atoms with Crippen molar-refractivity contribution in [1.29, 1.82) is 0 Å². The lowest BCUT2D eigenvalue weighted by Gasteiger charge is -2.10. The van der Waals surface area contributed by atoms with Crippen LogP contribution >= 0.6 is 11.6 Å². The molecule has 0 atom stereocenters. The molecule has 0 aliphatic carbocycles. The van der Waals surface area contributed by atoms with Crippen molar-refractivity contribution in [3.63, 3.8) is 0 Å². The number of methoxy groups -OCH3 is 1. The van der Waals surface area contributed by atoms with E-state index >= 15 is 0 Å². The summed E-state index contributed by atoms with van der Waals surface area (Å²) in [6.45, 7) is 1.02. The number of nitrogens with one attached hydrogen (secondary N) is 1. The highest BCUT2D eigenvalue weighted by atomic mass is 35.5. The van der Waals surface area contributed by atoms with E-state index in [-0.39, 0.29) is 0 Å². The van der Waals surface area contributed by atoms with E-state index < -0.39 is 0 Å². The van der Waals surface area contributed by atoms with Crippen molar-refractivity contribution >= 4 is 17.8 Å². The zero-order chi connectivity index (χ0) is 18.9. The van der Waals surface area contributed by atoms with Crippen LogP contribution in [0.3, 0.4) is 0 Å². The molecule has 0 bridgehead atoms. The van der Waals surface area contributed by atoms with Crippen molar-refractivity contribution in [3.05, 3.63) is 94.5 Å². The molecule has 138 valence electrons. The molecule has 0 aliphatic rings. The van der Waals surface area contributed by atoms with Gasteiger partial charge in [-0.25, -0.2) is 0 Å². The quantitative estimate of drug-likeness (QED) is 0.439. The first kappa shape index (κ1) is 18.8. The molecule has 3 rings (SSSR count). The normalized spacial score (nSPS) is 10.7. The predicted octanol–water partition coefficient (Wildman–Crippen LogP) is 5.05. The second kappa shape index (κ2) is 9.64. The number of hydrogen-bond acceptors (Lipinski definition) is 4. The van der Waals surface area contributed by atoms with Gasteiger partial charge >= 0.3 is 0 Å². The van der Waals surface area contributed by atoms with E-state index in [9.17, 15) is 0 Å². The van der Waals surface area contributed by atoms with Gasteiger partial charge in [-0.15, -0.1) is 0 Å². The van der Waals surface area contributed by atoms with Crippen LogP contribution in [0.4, 0.5) is 0 Å². The Kier molecular flexibility index (Phi) is 6.72. The number of benzene rings is 3. The molecule has 5 heteroatoms. The van der Waals surface area contributed by atoms with Gasteiger partial charge in [-0.05, 0) is 35.9 Å². The minimum Gasteiger partial charge on any atom is -0.496 e. The van der Waals surface area contributed by atoms with Crippen LogP contribution in [0.1, 0.15) is 16.7 Å². The molecule has 0 unspecified atom stereocenters. The first-order chi connectivity index (χ1) is 13.3. The molecule has 0 saturated heterocycles. The molecular weight excluding hydrogens is 360 g/mol. The van der Waals surface area contributed by atoms with Gasteiger partial charge in [-0.1, -0.05) is 54.1 Å². The fraction of sp³-hybridized carbons (Fsp3) is 0.136. The topological polar surface area (TPSA) is 42.8 Å². The number of rotatable bonds is 8. The molecule has 0 aromatic heterocycles. The van der Waals surface area contributed by atoms with Crippen molar-refractivity contribution in [2.75, 3.05) is 7.11 Å². The van der Waals surface area contributed by atoms with Crippen LogP contribution in [0.25, 0.3) is 0 Å². The van der Waals surface area contributed by atoms with Crippen LogP contribution in [-0.4, -0.2) is 13.3 Å². The second-order valence-corrected chi connectivity index (χ2v) is 6.30. The summed E-state index contributed by atoms with van der Waals surface area (Å²) in [6.07, 6.45) is 1.75. The maximum Gasteiger partial charge on any atom is 0.128 e. The van der Waals surface area contributed by atoms with Crippen LogP contribution in [-0.2, 0) is 13.2 Å². The van der Waals surface area contributed by atoms with Crippen LogP contribution in [0.15, 0.2) is 77.9 Å². The van der Waals surface area contributed by atoms with Crippen LogP contribution in [0, 0.1) is 0 Å². The minimum absolute atomic E-state index is 0.445. The summed E-state index contributed by atoms with van der Waals surface area (Å²) in [5.41, 5.74) is 6.01. The zero-order valence-corrected chi connectivity index (χ0v) is 15.8. The maximum absolute atomic E-state index is 6.02. The zero-order valence-electron chi connectivity index (χ0n) is 15.1. The SMILES string of the molecule is COc1ccccc1CN/N=C/c1ccccc1OCc1cccc(Cl)c1. The lowest BCUT2D eigenvalue weighted by molar-refractivity contribution is 0.306. The van der Waals surface area contributed by atoms with Gasteiger partial charge in [-0.3, -0.25) is 0 Å². The largest absolute Gasteiger partial charge is 0.496 e. The first-order valence-electron chi connectivity index (χ1n) is 8.60. The van der Waals surface area contributed by atoms with Crippen LogP contribution in [0.2, 0.25) is 5.02 Å². The molecule has 0 aliphatic heterocycles. The van der Waals surface area contributed by atoms with Gasteiger partial charge in [0.05, 0.1) is 19.9 Å². The van der Waals surface area contributed by atoms with E-state index in [4.69, 9.17) is 21.1 Å². The molecule has 0 spiro atoms. The van der Waals surface area contributed by atoms with E-state index in [0.29, 0.717) is 18.2 Å². The van der Waals surface area contributed by atoms with Gasteiger partial charge in [0.1, 0.15) is 18.1 Å². The summed E-state index contributed by atoms with van der Waals surface area (Å²) < 4.78 is 11.3. The van der Waals surface area contributed by atoms with Crippen LogP contribution in [0.5, 0.6) is 11.5 Å². The summed E-state index contributed by atoms with van der Waals surface area (Å²) in [4.78, 5) is 0. The van der Waals surface area contributed by atoms with Gasteiger partial charge in [0.25, 0.3) is 0 Å². The van der Waals surface area contributed by atoms with Gasteiger partial charge in [-0.2, -0.15) is 5.10 Å². The molecule has 0 fully saturated rings. The fourth-order valence-electron chi connectivity index (χ4n) is 2.60. The molecule has 1 N–H and O–H groups in total. The Morgan fingerprint density at radius 1 is 0.963 bits per heavy atom. The third-order valence-corrected chi connectivity index (χ3v) is 4.19. The van der Waals surface area contributed by atoms with E-state index in [1.807, 2.05) is 72.8 Å². The second-order valence-electron chi connectivity index (χ2n) is 5.86. The summed E-state index contributed by atoms with van der Waals surface area (Å²) >= 11 is 6.02. The van der Waals surface area contributed by atoms with E-state index in [1.165, 1.54) is 0 Å². The Balaban J connectivity index is 1.61. The van der Waals surface area contributed by atoms with Crippen molar-refractivity contribution in [2.45, 2.75) is 13.2 Å². The van der Waals surface area contributed by atoms with Crippen LogP contribution < -0.4 is 14.9 Å². The first-order valence-corrected chi connectivity index (χ1v) is 8.98. The highest BCUT2D eigenvalue weighted by Gasteiger charge is 2.03. The van der Waals surface area contributed by atoms with Crippen molar-refractivity contribution in [3.8, 4) is 11.5 Å². The molecule has 0 radical (unpaired) electrons. The maximum atomic E-state index is 6.02. The van der Waals surface area contributed by atoms with Gasteiger partial charge in [0.2, 0.25) is 0 Å². The summed E-state index contributed by atoms with van der Waals surface area (Å²) in [5.74, 6) is 1.60. The Bertz CT molecular complexity index is 912. The molecule has 3 aromatic rings. The molecule has 3 aromatic carbocycles. The number of ether oxygens (including phenoxy) is 2. The minimum atomic E-state index is 0.445. The highest BCUT2D eigenvalue weighted by molar-refractivity contribution is 6.30. The highest BCUT2D eigenvalue weighted by Crippen LogP contribution is 2.19. The summed E-state index contributed by atoms with van der Waals surface area (Å²) in [5, 5.41) is 5.01.